The standard InChI is InChI=1S/C28H31Cl2NO4/c1-17(2)12-19-6-8-20(9-7-19)18(3)28(32)35-26(14-22-23(29)15-31-16-24(22)30)21-10-11-25(33-4)27(13-21)34-5/h6-11,13,15-18,26H,12,14H2,1-5H3. The van der Waals surface area contributed by atoms with Crippen molar-refractivity contribution in [2.75, 3.05) is 14.2 Å². The fourth-order valence-corrected chi connectivity index (χ4v) is 4.41. The average molecular weight is 516 g/mol. The van der Waals surface area contributed by atoms with Gasteiger partial charge in [0, 0.05) is 18.8 Å². The molecule has 1 heterocycles. The molecule has 0 bridgehead atoms. The summed E-state index contributed by atoms with van der Waals surface area (Å²) in [6, 6.07) is 13.5. The highest BCUT2D eigenvalue weighted by atomic mass is 35.5. The largest absolute Gasteiger partial charge is 0.493 e. The Kier molecular flexibility index (Phi) is 9.41. The van der Waals surface area contributed by atoms with E-state index < -0.39 is 12.0 Å². The van der Waals surface area contributed by atoms with Gasteiger partial charge < -0.3 is 14.2 Å². The van der Waals surface area contributed by atoms with E-state index in [-0.39, 0.29) is 12.4 Å². The van der Waals surface area contributed by atoms with Crippen molar-refractivity contribution in [2.24, 2.45) is 5.92 Å². The van der Waals surface area contributed by atoms with Crippen LogP contribution < -0.4 is 9.47 Å². The molecule has 0 N–H and O–H groups in total. The Morgan fingerprint density at radius 3 is 2.03 bits per heavy atom. The molecule has 3 rings (SSSR count). The van der Waals surface area contributed by atoms with Crippen molar-refractivity contribution in [3.8, 4) is 11.5 Å². The van der Waals surface area contributed by atoms with Crippen LogP contribution in [-0.2, 0) is 22.4 Å². The molecule has 0 aliphatic carbocycles. The monoisotopic (exact) mass is 515 g/mol. The highest BCUT2D eigenvalue weighted by molar-refractivity contribution is 6.35. The number of esters is 1. The van der Waals surface area contributed by atoms with E-state index in [1.54, 1.807) is 26.4 Å². The summed E-state index contributed by atoms with van der Waals surface area (Å²) in [5, 5.41) is 0.820. The molecule has 0 fully saturated rings. The maximum absolute atomic E-state index is 13.3. The molecule has 35 heavy (non-hydrogen) atoms. The first kappa shape index (κ1) is 26.8. The molecule has 5 nitrogen and oxygen atoms in total. The van der Waals surface area contributed by atoms with Gasteiger partial charge >= 0.3 is 5.97 Å². The predicted octanol–water partition coefficient (Wildman–Crippen LogP) is 7.23. The Labute approximate surface area is 217 Å². The second-order valence-electron chi connectivity index (χ2n) is 8.89. The maximum Gasteiger partial charge on any atom is 0.313 e. The van der Waals surface area contributed by atoms with Crippen molar-refractivity contribution in [1.82, 2.24) is 4.98 Å². The van der Waals surface area contributed by atoms with Crippen LogP contribution in [0.15, 0.2) is 54.9 Å². The van der Waals surface area contributed by atoms with Crippen molar-refractivity contribution < 1.29 is 19.0 Å². The number of halogens is 2. The van der Waals surface area contributed by atoms with Crippen LogP contribution in [0.1, 0.15) is 55.0 Å². The van der Waals surface area contributed by atoms with Crippen LogP contribution in [-0.4, -0.2) is 25.2 Å². The fourth-order valence-electron chi connectivity index (χ4n) is 3.89. The summed E-state index contributed by atoms with van der Waals surface area (Å²) in [4.78, 5) is 17.3. The SMILES string of the molecule is COc1ccc(C(Cc2c(Cl)cncc2Cl)OC(=O)C(C)c2ccc(CC(C)C)cc2)cc1OC. The lowest BCUT2D eigenvalue weighted by molar-refractivity contribution is -0.150. The number of nitrogens with zero attached hydrogens (tertiary/aromatic N) is 1. The van der Waals surface area contributed by atoms with E-state index >= 15 is 0 Å². The number of benzene rings is 2. The Hall–Kier alpha value is -2.76. The number of ether oxygens (including phenoxy) is 3. The van der Waals surface area contributed by atoms with Crippen LogP contribution in [0, 0.1) is 5.92 Å². The van der Waals surface area contributed by atoms with E-state index in [9.17, 15) is 4.79 Å². The first-order valence-corrected chi connectivity index (χ1v) is 12.3. The molecule has 2 atom stereocenters. The second-order valence-corrected chi connectivity index (χ2v) is 9.70. The third-order valence-corrected chi connectivity index (χ3v) is 6.51. The van der Waals surface area contributed by atoms with Gasteiger partial charge in [-0.05, 0) is 53.6 Å². The second kappa shape index (κ2) is 12.3. The molecule has 2 aromatic carbocycles. The van der Waals surface area contributed by atoms with E-state index in [4.69, 9.17) is 37.4 Å². The lowest BCUT2D eigenvalue weighted by Crippen LogP contribution is -2.19. The van der Waals surface area contributed by atoms with Crippen LogP contribution in [0.25, 0.3) is 0 Å². The summed E-state index contributed by atoms with van der Waals surface area (Å²) in [6.07, 6.45) is 3.67. The van der Waals surface area contributed by atoms with Crippen LogP contribution in [0.3, 0.4) is 0 Å². The van der Waals surface area contributed by atoms with Crippen LogP contribution in [0.5, 0.6) is 11.5 Å². The topological polar surface area (TPSA) is 57.7 Å². The highest BCUT2D eigenvalue weighted by Gasteiger charge is 2.25. The quantitative estimate of drug-likeness (QED) is 0.266. The number of rotatable bonds is 10. The van der Waals surface area contributed by atoms with Gasteiger partial charge in [-0.1, -0.05) is 67.4 Å². The molecule has 3 aromatic rings. The first-order valence-electron chi connectivity index (χ1n) is 11.5. The van der Waals surface area contributed by atoms with E-state index in [0.29, 0.717) is 33.0 Å². The molecule has 0 amide bonds. The number of pyridine rings is 1. The zero-order valence-electron chi connectivity index (χ0n) is 20.7. The van der Waals surface area contributed by atoms with Gasteiger partial charge in [0.2, 0.25) is 0 Å². The summed E-state index contributed by atoms with van der Waals surface area (Å²) in [6.45, 7) is 6.21. The smallest absolute Gasteiger partial charge is 0.313 e. The Balaban J connectivity index is 1.89. The molecular weight excluding hydrogens is 485 g/mol. The van der Waals surface area contributed by atoms with Crippen LogP contribution in [0.2, 0.25) is 10.0 Å². The van der Waals surface area contributed by atoms with Gasteiger partial charge in [0.15, 0.2) is 11.5 Å². The predicted molar refractivity (Wildman–Crippen MR) is 140 cm³/mol. The average Bonchev–Trinajstić information content (AvgIpc) is 2.84. The lowest BCUT2D eigenvalue weighted by Gasteiger charge is -2.23. The number of hydrogen-bond acceptors (Lipinski definition) is 5. The van der Waals surface area contributed by atoms with E-state index in [2.05, 4.69) is 31.0 Å². The van der Waals surface area contributed by atoms with Crippen molar-refractivity contribution in [2.45, 2.75) is 45.6 Å². The van der Waals surface area contributed by atoms with Gasteiger partial charge in [-0.25, -0.2) is 0 Å². The lowest BCUT2D eigenvalue weighted by atomic mass is 9.96. The third-order valence-electron chi connectivity index (χ3n) is 5.86. The normalized spacial score (nSPS) is 12.8. The Morgan fingerprint density at radius 1 is 0.857 bits per heavy atom. The summed E-state index contributed by atoms with van der Waals surface area (Å²) in [5.41, 5.74) is 3.53. The molecule has 1 aromatic heterocycles. The Morgan fingerprint density at radius 2 is 1.46 bits per heavy atom. The first-order chi connectivity index (χ1) is 16.7. The third kappa shape index (κ3) is 6.89. The Bertz CT molecular complexity index is 1130. The molecule has 0 aliphatic heterocycles. The van der Waals surface area contributed by atoms with E-state index in [1.807, 2.05) is 25.1 Å². The van der Waals surface area contributed by atoms with Crippen molar-refractivity contribution >= 4 is 29.2 Å². The molecule has 0 spiro atoms. The zero-order valence-corrected chi connectivity index (χ0v) is 22.2. The van der Waals surface area contributed by atoms with Gasteiger partial charge in [0.25, 0.3) is 0 Å². The number of aromatic nitrogens is 1. The van der Waals surface area contributed by atoms with Gasteiger partial charge in [0.05, 0.1) is 30.2 Å². The van der Waals surface area contributed by atoms with Crippen molar-refractivity contribution in [3.63, 3.8) is 0 Å². The zero-order chi connectivity index (χ0) is 25.5. The van der Waals surface area contributed by atoms with Crippen LogP contribution in [0.4, 0.5) is 0 Å². The summed E-state index contributed by atoms with van der Waals surface area (Å²) >= 11 is 12.8. The minimum Gasteiger partial charge on any atom is -0.493 e. The molecule has 0 aliphatic rings. The highest BCUT2D eigenvalue weighted by Crippen LogP contribution is 2.36. The number of hydrogen-bond donors (Lipinski definition) is 0. The van der Waals surface area contributed by atoms with Crippen LogP contribution >= 0.6 is 23.2 Å². The molecule has 0 saturated carbocycles. The van der Waals surface area contributed by atoms with Gasteiger partial charge in [-0.3, -0.25) is 9.78 Å². The van der Waals surface area contributed by atoms with Gasteiger partial charge in [-0.15, -0.1) is 0 Å². The molecule has 0 radical (unpaired) electrons. The molecule has 0 saturated heterocycles. The van der Waals surface area contributed by atoms with Gasteiger partial charge in [-0.2, -0.15) is 0 Å². The fraction of sp³-hybridized carbons (Fsp3) is 0.357. The number of methoxy groups -OCH3 is 2. The molecular formula is C28H31Cl2NO4. The minimum absolute atomic E-state index is 0.279. The molecule has 186 valence electrons. The minimum atomic E-state index is -0.651. The summed E-state index contributed by atoms with van der Waals surface area (Å²) in [7, 11) is 3.13. The maximum atomic E-state index is 13.3. The van der Waals surface area contributed by atoms with E-state index in [1.165, 1.54) is 18.0 Å². The summed E-state index contributed by atoms with van der Waals surface area (Å²) < 4.78 is 16.9. The van der Waals surface area contributed by atoms with E-state index in [0.717, 1.165) is 17.5 Å². The summed E-state index contributed by atoms with van der Waals surface area (Å²) in [5.74, 6) is 0.886. The molecule has 2 unspecified atom stereocenters. The van der Waals surface area contributed by atoms with Gasteiger partial charge in [0.1, 0.15) is 6.10 Å². The number of carbonyl (C=O) groups is 1. The van der Waals surface area contributed by atoms with Crippen molar-refractivity contribution in [1.29, 1.82) is 0 Å². The molecule has 7 heteroatoms. The van der Waals surface area contributed by atoms with Crippen molar-refractivity contribution in [3.05, 3.63) is 87.2 Å². The number of carbonyl (C=O) groups excluding carboxylic acids is 1.